The van der Waals surface area contributed by atoms with Crippen LogP contribution in [0.2, 0.25) is 0 Å². The molecule has 1 aliphatic heterocycles. The molecule has 0 aliphatic carbocycles. The van der Waals surface area contributed by atoms with Gasteiger partial charge in [0.15, 0.2) is 0 Å². The summed E-state index contributed by atoms with van der Waals surface area (Å²) in [5, 5.41) is 9.75. The van der Waals surface area contributed by atoms with Crippen molar-refractivity contribution in [3.05, 3.63) is 65.2 Å². The number of carbonyl (C=O) groups is 2. The van der Waals surface area contributed by atoms with Crippen molar-refractivity contribution < 1.29 is 24.2 Å². The molecule has 0 bridgehead atoms. The van der Waals surface area contributed by atoms with Gasteiger partial charge in [-0.15, -0.1) is 0 Å². The van der Waals surface area contributed by atoms with Crippen LogP contribution >= 0.6 is 0 Å². The highest BCUT2D eigenvalue weighted by Crippen LogP contribution is 2.27. The fourth-order valence-corrected chi connectivity index (χ4v) is 2.92. The minimum atomic E-state index is -0.779. The molecule has 134 valence electrons. The summed E-state index contributed by atoms with van der Waals surface area (Å²) in [5.41, 5.74) is 1.41. The summed E-state index contributed by atoms with van der Waals surface area (Å²) in [4.78, 5) is 26.2. The Bertz CT molecular complexity index is 839. The summed E-state index contributed by atoms with van der Waals surface area (Å²) in [7, 11) is 3.11. The van der Waals surface area contributed by atoms with Crippen LogP contribution < -0.4 is 9.47 Å². The van der Waals surface area contributed by atoms with E-state index in [-0.39, 0.29) is 6.61 Å². The highest BCUT2D eigenvalue weighted by atomic mass is 16.5. The molecule has 6 nitrogen and oxygen atoms in total. The van der Waals surface area contributed by atoms with Crippen molar-refractivity contribution in [1.82, 2.24) is 4.90 Å². The van der Waals surface area contributed by atoms with Crippen molar-refractivity contribution >= 4 is 17.9 Å². The number of hydrogen-bond donors (Lipinski definition) is 1. The third kappa shape index (κ3) is 3.07. The Kier molecular flexibility index (Phi) is 5.04. The third-order valence-corrected chi connectivity index (χ3v) is 4.28. The first kappa shape index (κ1) is 17.7. The maximum absolute atomic E-state index is 12.6. The van der Waals surface area contributed by atoms with Gasteiger partial charge in [0.2, 0.25) is 0 Å². The zero-order valence-corrected chi connectivity index (χ0v) is 14.5. The van der Waals surface area contributed by atoms with Crippen LogP contribution in [0.4, 0.5) is 0 Å². The average molecular weight is 353 g/mol. The number of ether oxygens (including phenoxy) is 2. The molecule has 1 atom stereocenters. The van der Waals surface area contributed by atoms with Crippen LogP contribution in [0.25, 0.3) is 6.08 Å². The number of hydrogen-bond acceptors (Lipinski definition) is 5. The molecule has 1 N–H and O–H groups in total. The predicted octanol–water partition coefficient (Wildman–Crippen LogP) is 2.37. The minimum Gasteiger partial charge on any atom is -0.497 e. The second-order valence-corrected chi connectivity index (χ2v) is 5.74. The van der Waals surface area contributed by atoms with Gasteiger partial charge < -0.3 is 14.6 Å². The predicted molar refractivity (Wildman–Crippen MR) is 96.4 cm³/mol. The quantitative estimate of drug-likeness (QED) is 0.807. The van der Waals surface area contributed by atoms with Gasteiger partial charge >= 0.3 is 0 Å². The van der Waals surface area contributed by atoms with Crippen LogP contribution in [0, 0.1) is 0 Å². The number of methoxy groups -OCH3 is 2. The van der Waals surface area contributed by atoms with Crippen molar-refractivity contribution in [3.63, 3.8) is 0 Å². The molecule has 0 saturated heterocycles. The van der Waals surface area contributed by atoms with Gasteiger partial charge in [0.05, 0.1) is 38.0 Å². The van der Waals surface area contributed by atoms with E-state index < -0.39 is 17.9 Å². The normalized spacial score (nSPS) is 14.7. The van der Waals surface area contributed by atoms with Gasteiger partial charge in [0, 0.05) is 5.56 Å². The fourth-order valence-electron chi connectivity index (χ4n) is 2.92. The van der Waals surface area contributed by atoms with E-state index in [2.05, 4.69) is 0 Å². The molecule has 26 heavy (non-hydrogen) atoms. The summed E-state index contributed by atoms with van der Waals surface area (Å²) in [6, 6.07) is 11.2. The molecule has 1 aliphatic rings. The average Bonchev–Trinajstić information content (AvgIpc) is 2.94. The maximum atomic E-state index is 12.6. The molecule has 0 saturated carbocycles. The molecule has 3 rings (SSSR count). The van der Waals surface area contributed by atoms with Gasteiger partial charge in [-0.25, -0.2) is 0 Å². The highest BCUT2D eigenvalue weighted by molar-refractivity contribution is 6.21. The number of imide groups is 1. The third-order valence-electron chi connectivity index (χ3n) is 4.28. The summed E-state index contributed by atoms with van der Waals surface area (Å²) in [6.07, 6.45) is 3.31. The van der Waals surface area contributed by atoms with Gasteiger partial charge in [0.25, 0.3) is 11.8 Å². The van der Waals surface area contributed by atoms with Crippen molar-refractivity contribution in [2.75, 3.05) is 20.8 Å². The van der Waals surface area contributed by atoms with Crippen molar-refractivity contribution in [2.24, 2.45) is 0 Å². The Morgan fingerprint density at radius 2 is 1.69 bits per heavy atom. The first-order chi connectivity index (χ1) is 12.6. The van der Waals surface area contributed by atoms with E-state index in [4.69, 9.17) is 9.47 Å². The number of benzene rings is 2. The van der Waals surface area contributed by atoms with Crippen LogP contribution in [0.5, 0.6) is 11.5 Å². The number of amides is 2. The van der Waals surface area contributed by atoms with Crippen LogP contribution in [-0.4, -0.2) is 48.7 Å². The zero-order valence-electron chi connectivity index (χ0n) is 14.5. The Morgan fingerprint density at radius 1 is 1.04 bits per heavy atom. The number of rotatable bonds is 6. The highest BCUT2D eigenvalue weighted by Gasteiger charge is 2.38. The molecule has 0 fully saturated rings. The van der Waals surface area contributed by atoms with E-state index in [0.717, 1.165) is 4.90 Å². The number of carbonyl (C=O) groups excluding carboxylic acids is 2. The Balaban J connectivity index is 1.91. The summed E-state index contributed by atoms with van der Waals surface area (Å²) < 4.78 is 10.5. The van der Waals surface area contributed by atoms with Crippen molar-refractivity contribution in [2.45, 2.75) is 6.04 Å². The van der Waals surface area contributed by atoms with E-state index in [1.165, 1.54) is 0 Å². The molecule has 0 unspecified atom stereocenters. The van der Waals surface area contributed by atoms with Gasteiger partial charge in [0.1, 0.15) is 11.5 Å². The Hall–Kier alpha value is -3.12. The van der Waals surface area contributed by atoms with Crippen LogP contribution in [0.3, 0.4) is 0 Å². The standard InChI is InChI=1S/C20H19NO5/c1-25-15-9-10-18(26-2)13(11-15)7-8-14(12-22)21-19(23)16-5-3-4-6-17(16)20(21)24/h3-11,14,22H,12H2,1-2H3/b8-7+/t14-/m1/s1. The molecule has 6 heteroatoms. The van der Waals surface area contributed by atoms with E-state index in [1.807, 2.05) is 0 Å². The second-order valence-electron chi connectivity index (χ2n) is 5.74. The number of aliphatic hydroxyl groups is 1. The molecule has 0 spiro atoms. The van der Waals surface area contributed by atoms with Gasteiger partial charge in [-0.3, -0.25) is 14.5 Å². The van der Waals surface area contributed by atoms with Crippen LogP contribution in [0.15, 0.2) is 48.5 Å². The summed E-state index contributed by atoms with van der Waals surface area (Å²) >= 11 is 0. The lowest BCUT2D eigenvalue weighted by Gasteiger charge is -2.21. The van der Waals surface area contributed by atoms with Crippen LogP contribution in [0.1, 0.15) is 26.3 Å². The lowest BCUT2D eigenvalue weighted by molar-refractivity contribution is 0.0565. The van der Waals surface area contributed by atoms with E-state index in [1.54, 1.807) is 68.8 Å². The van der Waals surface area contributed by atoms with Gasteiger partial charge in [-0.05, 0) is 30.3 Å². The maximum Gasteiger partial charge on any atom is 0.262 e. The number of aliphatic hydroxyl groups excluding tert-OH is 1. The topological polar surface area (TPSA) is 76.1 Å². The largest absolute Gasteiger partial charge is 0.497 e. The van der Waals surface area contributed by atoms with Gasteiger partial charge in [-0.2, -0.15) is 0 Å². The fraction of sp³-hybridized carbons (Fsp3) is 0.200. The van der Waals surface area contributed by atoms with Crippen molar-refractivity contribution in [3.8, 4) is 11.5 Å². The molecule has 2 aromatic rings. The van der Waals surface area contributed by atoms with Crippen LogP contribution in [-0.2, 0) is 0 Å². The Labute approximate surface area is 151 Å². The van der Waals surface area contributed by atoms with Crippen molar-refractivity contribution in [1.29, 1.82) is 0 Å². The monoisotopic (exact) mass is 353 g/mol. The number of nitrogens with zero attached hydrogens (tertiary/aromatic N) is 1. The van der Waals surface area contributed by atoms with E-state index in [9.17, 15) is 14.7 Å². The first-order valence-corrected chi connectivity index (χ1v) is 8.08. The minimum absolute atomic E-state index is 0.350. The van der Waals surface area contributed by atoms with E-state index in [0.29, 0.717) is 28.2 Å². The first-order valence-electron chi connectivity index (χ1n) is 8.08. The SMILES string of the molecule is COc1ccc(OC)c(/C=C/[C@H](CO)N2C(=O)c3ccccc3C2=O)c1. The summed E-state index contributed by atoms with van der Waals surface area (Å²) in [5.74, 6) is 0.437. The second kappa shape index (κ2) is 7.41. The van der Waals surface area contributed by atoms with Gasteiger partial charge in [-0.1, -0.05) is 24.3 Å². The molecule has 0 aromatic heterocycles. The molecule has 0 radical (unpaired) electrons. The molecule has 1 heterocycles. The number of fused-ring (bicyclic) bond motifs is 1. The molecule has 2 amide bonds. The lowest BCUT2D eigenvalue weighted by Crippen LogP contribution is -2.40. The molecular weight excluding hydrogens is 334 g/mol. The zero-order chi connectivity index (χ0) is 18.7. The smallest absolute Gasteiger partial charge is 0.262 e. The summed E-state index contributed by atoms with van der Waals surface area (Å²) in [6.45, 7) is -0.381. The molecule has 2 aromatic carbocycles. The molecular formula is C20H19NO5. The Morgan fingerprint density at radius 3 is 2.23 bits per heavy atom. The lowest BCUT2D eigenvalue weighted by atomic mass is 10.1. The van der Waals surface area contributed by atoms with E-state index >= 15 is 0 Å².